The molecule has 0 heterocycles. The lowest BCUT2D eigenvalue weighted by atomic mass is 10.1. The minimum Gasteiger partial charge on any atom is -0.468 e. The topological polar surface area (TPSA) is 49.8 Å². The summed E-state index contributed by atoms with van der Waals surface area (Å²) in [6, 6.07) is 6.12. The number of carbonyl (C=O) groups excluding carboxylic acids is 1. The van der Waals surface area contributed by atoms with Crippen LogP contribution in [0.2, 0.25) is 0 Å². The highest BCUT2D eigenvalue weighted by atomic mass is 19.1. The monoisotopic (exact) mass is 295 g/mol. The van der Waals surface area contributed by atoms with Crippen LogP contribution in [0.25, 0.3) is 0 Å². The minimum atomic E-state index is -0.740. The molecule has 1 saturated carbocycles. The van der Waals surface area contributed by atoms with Gasteiger partial charge >= 0.3 is 5.97 Å². The number of hydrogen-bond acceptors (Lipinski definition) is 4. The zero-order valence-corrected chi connectivity index (χ0v) is 12.3. The molecule has 1 atom stereocenters. The predicted octanol–water partition coefficient (Wildman–Crippen LogP) is 2.28. The van der Waals surface area contributed by atoms with Crippen molar-refractivity contribution in [2.24, 2.45) is 0 Å². The van der Waals surface area contributed by atoms with Crippen LogP contribution in [0.3, 0.4) is 0 Å². The number of halogens is 1. The smallest absolute Gasteiger partial charge is 0.319 e. The maximum atomic E-state index is 12.9. The van der Waals surface area contributed by atoms with E-state index >= 15 is 0 Å². The first-order valence-corrected chi connectivity index (χ1v) is 7.34. The van der Waals surface area contributed by atoms with Crippen molar-refractivity contribution in [2.45, 2.75) is 37.8 Å². The molecular weight excluding hydrogens is 273 g/mol. The zero-order valence-electron chi connectivity index (χ0n) is 12.3. The molecule has 1 aromatic rings. The second-order valence-corrected chi connectivity index (χ2v) is 5.51. The van der Waals surface area contributed by atoms with Crippen molar-refractivity contribution in [3.05, 3.63) is 35.6 Å². The number of methoxy groups -OCH3 is 1. The van der Waals surface area contributed by atoms with Crippen molar-refractivity contribution in [1.82, 2.24) is 4.90 Å². The van der Waals surface area contributed by atoms with Gasteiger partial charge in [0.1, 0.15) is 5.82 Å². The summed E-state index contributed by atoms with van der Waals surface area (Å²) < 4.78 is 17.7. The van der Waals surface area contributed by atoms with Crippen LogP contribution >= 0.6 is 0 Å². The first-order valence-electron chi connectivity index (χ1n) is 7.34. The van der Waals surface area contributed by atoms with Crippen LogP contribution in [0.4, 0.5) is 4.39 Å². The molecule has 0 amide bonds. The van der Waals surface area contributed by atoms with E-state index in [2.05, 4.69) is 0 Å². The van der Waals surface area contributed by atoms with Gasteiger partial charge < -0.3 is 9.84 Å². The fraction of sp³-hybridized carbons (Fsp3) is 0.562. The molecule has 0 bridgehead atoms. The molecule has 21 heavy (non-hydrogen) atoms. The molecule has 2 rings (SSSR count). The fourth-order valence-electron chi connectivity index (χ4n) is 2.85. The maximum absolute atomic E-state index is 12.9. The summed E-state index contributed by atoms with van der Waals surface area (Å²) in [6.07, 6.45) is 3.63. The minimum absolute atomic E-state index is 0.180. The Hall–Kier alpha value is -1.46. The predicted molar refractivity (Wildman–Crippen MR) is 77.2 cm³/mol. The van der Waals surface area contributed by atoms with E-state index in [1.165, 1.54) is 19.2 Å². The highest BCUT2D eigenvalue weighted by molar-refractivity contribution is 5.71. The van der Waals surface area contributed by atoms with E-state index in [0.29, 0.717) is 18.2 Å². The molecule has 1 N–H and O–H groups in total. The summed E-state index contributed by atoms with van der Waals surface area (Å²) in [7, 11) is 1.37. The molecule has 1 aliphatic carbocycles. The molecule has 0 spiro atoms. The first-order chi connectivity index (χ1) is 10.1. The van der Waals surface area contributed by atoms with E-state index in [0.717, 1.165) is 25.7 Å². The number of aliphatic hydroxyl groups excluding tert-OH is 1. The fourth-order valence-corrected chi connectivity index (χ4v) is 2.85. The summed E-state index contributed by atoms with van der Waals surface area (Å²) in [5.41, 5.74) is 0.657. The third-order valence-electron chi connectivity index (χ3n) is 4.06. The average Bonchev–Trinajstić information content (AvgIpc) is 3.01. The van der Waals surface area contributed by atoms with E-state index in [1.54, 1.807) is 12.1 Å². The van der Waals surface area contributed by atoms with Gasteiger partial charge in [-0.05, 0) is 30.5 Å². The highest BCUT2D eigenvalue weighted by Crippen LogP contribution is 2.25. The van der Waals surface area contributed by atoms with Crippen molar-refractivity contribution in [3.8, 4) is 0 Å². The van der Waals surface area contributed by atoms with E-state index in [1.807, 2.05) is 4.90 Å². The van der Waals surface area contributed by atoms with Gasteiger partial charge in [0, 0.05) is 12.6 Å². The maximum Gasteiger partial charge on any atom is 0.319 e. The summed E-state index contributed by atoms with van der Waals surface area (Å²) in [4.78, 5) is 13.5. The summed E-state index contributed by atoms with van der Waals surface area (Å²) in [5.74, 6) is -0.624. The van der Waals surface area contributed by atoms with Crippen LogP contribution in [0.5, 0.6) is 0 Å². The van der Waals surface area contributed by atoms with Crippen LogP contribution < -0.4 is 0 Å². The van der Waals surface area contributed by atoms with Crippen molar-refractivity contribution in [1.29, 1.82) is 0 Å². The third-order valence-corrected chi connectivity index (χ3v) is 4.06. The van der Waals surface area contributed by atoms with Crippen molar-refractivity contribution < 1.29 is 19.0 Å². The lowest BCUT2D eigenvalue weighted by Gasteiger charge is -2.29. The van der Waals surface area contributed by atoms with Crippen molar-refractivity contribution in [3.63, 3.8) is 0 Å². The van der Waals surface area contributed by atoms with Crippen LogP contribution in [0.1, 0.15) is 37.4 Å². The molecule has 0 aliphatic heterocycles. The molecular formula is C16H22FNO3. The average molecular weight is 295 g/mol. The molecule has 1 aliphatic rings. The van der Waals surface area contributed by atoms with Gasteiger partial charge in [0.15, 0.2) is 0 Å². The Morgan fingerprint density at radius 3 is 2.57 bits per heavy atom. The Morgan fingerprint density at radius 2 is 2.00 bits per heavy atom. The largest absolute Gasteiger partial charge is 0.468 e. The number of carbonyl (C=O) groups is 1. The Kier molecular flexibility index (Phi) is 5.70. The standard InChI is InChI=1S/C16H22FNO3/c1-21-16(20)11-18(14-4-2-3-5-14)10-15(19)12-6-8-13(17)9-7-12/h6-9,14-15,19H,2-5,10-11H2,1H3. The van der Waals surface area contributed by atoms with Crippen molar-refractivity contribution >= 4 is 5.97 Å². The second-order valence-electron chi connectivity index (χ2n) is 5.51. The lowest BCUT2D eigenvalue weighted by Crippen LogP contribution is -2.40. The zero-order chi connectivity index (χ0) is 15.2. The number of benzene rings is 1. The third kappa shape index (κ3) is 4.51. The quantitative estimate of drug-likeness (QED) is 0.818. The van der Waals surface area contributed by atoms with E-state index < -0.39 is 6.10 Å². The van der Waals surface area contributed by atoms with Gasteiger partial charge in [-0.15, -0.1) is 0 Å². The normalized spacial score (nSPS) is 17.1. The molecule has 1 aromatic carbocycles. The molecule has 0 aromatic heterocycles. The Balaban J connectivity index is 2.02. The van der Waals surface area contributed by atoms with Gasteiger partial charge in [-0.1, -0.05) is 25.0 Å². The van der Waals surface area contributed by atoms with Gasteiger partial charge in [0.2, 0.25) is 0 Å². The highest BCUT2D eigenvalue weighted by Gasteiger charge is 2.26. The Morgan fingerprint density at radius 1 is 1.38 bits per heavy atom. The SMILES string of the molecule is COC(=O)CN(CC(O)c1ccc(F)cc1)C1CCCC1. The van der Waals surface area contributed by atoms with Gasteiger partial charge in [-0.3, -0.25) is 9.69 Å². The van der Waals surface area contributed by atoms with Gasteiger partial charge in [-0.2, -0.15) is 0 Å². The lowest BCUT2D eigenvalue weighted by molar-refractivity contribution is -0.142. The summed E-state index contributed by atoms with van der Waals surface area (Å²) in [5, 5.41) is 10.3. The van der Waals surface area contributed by atoms with E-state index in [-0.39, 0.29) is 18.3 Å². The van der Waals surface area contributed by atoms with E-state index in [9.17, 15) is 14.3 Å². The molecule has 4 nitrogen and oxygen atoms in total. The van der Waals surface area contributed by atoms with Crippen LogP contribution in [0, 0.1) is 5.82 Å². The molecule has 116 valence electrons. The number of nitrogens with zero attached hydrogens (tertiary/aromatic N) is 1. The second kappa shape index (κ2) is 7.52. The van der Waals surface area contributed by atoms with Crippen LogP contribution in [-0.2, 0) is 9.53 Å². The van der Waals surface area contributed by atoms with Gasteiger partial charge in [-0.25, -0.2) is 4.39 Å². The number of esters is 1. The number of hydrogen-bond donors (Lipinski definition) is 1. The molecule has 5 heteroatoms. The molecule has 0 radical (unpaired) electrons. The first kappa shape index (κ1) is 15.9. The molecule has 0 saturated heterocycles. The van der Waals surface area contributed by atoms with Crippen LogP contribution in [-0.4, -0.2) is 42.2 Å². The Labute approximate surface area is 124 Å². The number of aliphatic hydroxyl groups is 1. The summed E-state index contributed by atoms with van der Waals surface area (Å²) >= 11 is 0. The number of ether oxygens (including phenoxy) is 1. The Bertz CT molecular complexity index is 457. The van der Waals surface area contributed by atoms with Gasteiger partial charge in [0.25, 0.3) is 0 Å². The summed E-state index contributed by atoms with van der Waals surface area (Å²) in [6.45, 7) is 0.533. The van der Waals surface area contributed by atoms with Gasteiger partial charge in [0.05, 0.1) is 19.8 Å². The van der Waals surface area contributed by atoms with Crippen molar-refractivity contribution in [2.75, 3.05) is 20.2 Å². The van der Waals surface area contributed by atoms with E-state index in [4.69, 9.17) is 4.74 Å². The molecule has 1 fully saturated rings. The molecule has 1 unspecified atom stereocenters. The van der Waals surface area contributed by atoms with Crippen LogP contribution in [0.15, 0.2) is 24.3 Å². The number of rotatable bonds is 6.